The van der Waals surface area contributed by atoms with Crippen molar-refractivity contribution >= 4 is 0 Å². The molecule has 2 nitrogen and oxygen atoms in total. The maximum atomic E-state index is 3.48. The average molecular weight is 154 g/mol. The van der Waals surface area contributed by atoms with Crippen molar-refractivity contribution in [3.63, 3.8) is 0 Å². The molecule has 11 heavy (non-hydrogen) atoms. The van der Waals surface area contributed by atoms with Crippen molar-refractivity contribution in [2.45, 2.75) is 25.7 Å². The van der Waals surface area contributed by atoms with E-state index in [0.717, 1.165) is 0 Å². The molecule has 0 aliphatic carbocycles. The number of hydrogen-bond acceptors (Lipinski definition) is 2. The van der Waals surface area contributed by atoms with Crippen molar-refractivity contribution in [3.05, 3.63) is 0 Å². The fourth-order valence-electron chi connectivity index (χ4n) is 2.41. The molecule has 2 aliphatic rings. The highest BCUT2D eigenvalue weighted by Gasteiger charge is 2.33. The molecule has 0 aromatic heterocycles. The van der Waals surface area contributed by atoms with Crippen LogP contribution in [0.4, 0.5) is 0 Å². The summed E-state index contributed by atoms with van der Waals surface area (Å²) < 4.78 is 0. The Morgan fingerprint density at radius 3 is 2.45 bits per heavy atom. The Hall–Kier alpha value is -0.0800. The van der Waals surface area contributed by atoms with Crippen molar-refractivity contribution < 1.29 is 0 Å². The Labute approximate surface area is 68.7 Å². The highest BCUT2D eigenvalue weighted by atomic mass is 14.9. The molecule has 0 amide bonds. The van der Waals surface area contributed by atoms with Gasteiger partial charge in [0.1, 0.15) is 0 Å². The second-order valence-corrected chi connectivity index (χ2v) is 4.03. The molecule has 0 aromatic rings. The average Bonchev–Trinajstić information content (AvgIpc) is 2.32. The van der Waals surface area contributed by atoms with Crippen LogP contribution in [0.1, 0.15) is 25.7 Å². The SMILES string of the molecule is C1CNCCC2(C1)CCNC2. The van der Waals surface area contributed by atoms with E-state index in [1.54, 1.807) is 0 Å². The van der Waals surface area contributed by atoms with Crippen LogP contribution in [0.2, 0.25) is 0 Å². The second kappa shape index (κ2) is 3.11. The molecule has 0 aromatic carbocycles. The van der Waals surface area contributed by atoms with Gasteiger partial charge in [0.2, 0.25) is 0 Å². The summed E-state index contributed by atoms with van der Waals surface area (Å²) in [6.07, 6.45) is 5.61. The molecular weight excluding hydrogens is 136 g/mol. The third-order valence-corrected chi connectivity index (χ3v) is 3.22. The molecule has 64 valence electrons. The van der Waals surface area contributed by atoms with Gasteiger partial charge in [0.25, 0.3) is 0 Å². The zero-order valence-electron chi connectivity index (χ0n) is 7.16. The summed E-state index contributed by atoms with van der Waals surface area (Å²) in [5.41, 5.74) is 0.684. The van der Waals surface area contributed by atoms with Gasteiger partial charge in [-0.25, -0.2) is 0 Å². The largest absolute Gasteiger partial charge is 0.317 e. The van der Waals surface area contributed by atoms with Gasteiger partial charge in [-0.15, -0.1) is 0 Å². The lowest BCUT2D eigenvalue weighted by Crippen LogP contribution is -2.25. The number of hydrogen-bond donors (Lipinski definition) is 2. The fourth-order valence-corrected chi connectivity index (χ4v) is 2.41. The van der Waals surface area contributed by atoms with Crippen LogP contribution in [0.3, 0.4) is 0 Å². The maximum Gasteiger partial charge on any atom is 0.000877 e. The summed E-state index contributed by atoms with van der Waals surface area (Å²) >= 11 is 0. The Morgan fingerprint density at radius 1 is 0.818 bits per heavy atom. The van der Waals surface area contributed by atoms with Gasteiger partial charge in [0.05, 0.1) is 0 Å². The molecule has 0 radical (unpaired) electrons. The molecule has 0 saturated carbocycles. The van der Waals surface area contributed by atoms with Crippen LogP contribution in [-0.4, -0.2) is 26.2 Å². The van der Waals surface area contributed by atoms with Gasteiger partial charge in [-0.1, -0.05) is 0 Å². The van der Waals surface area contributed by atoms with E-state index in [2.05, 4.69) is 10.6 Å². The molecule has 2 N–H and O–H groups in total. The van der Waals surface area contributed by atoms with Crippen LogP contribution in [0.25, 0.3) is 0 Å². The van der Waals surface area contributed by atoms with E-state index in [1.165, 1.54) is 51.9 Å². The minimum absolute atomic E-state index is 0.684. The zero-order valence-corrected chi connectivity index (χ0v) is 7.16. The van der Waals surface area contributed by atoms with E-state index < -0.39 is 0 Å². The minimum atomic E-state index is 0.684. The first-order valence-corrected chi connectivity index (χ1v) is 4.83. The van der Waals surface area contributed by atoms with E-state index >= 15 is 0 Å². The van der Waals surface area contributed by atoms with Crippen LogP contribution in [0, 0.1) is 5.41 Å². The standard InChI is InChI=1S/C9H18N2/c1-2-9(3-6-10-5-1)4-7-11-8-9/h10-11H,1-8H2. The lowest BCUT2D eigenvalue weighted by atomic mass is 9.80. The van der Waals surface area contributed by atoms with Crippen molar-refractivity contribution in [1.29, 1.82) is 0 Å². The number of rotatable bonds is 0. The molecule has 1 spiro atoms. The van der Waals surface area contributed by atoms with Crippen molar-refractivity contribution in [3.8, 4) is 0 Å². The summed E-state index contributed by atoms with van der Waals surface area (Å²) in [5, 5.41) is 6.95. The van der Waals surface area contributed by atoms with Crippen LogP contribution in [0.5, 0.6) is 0 Å². The van der Waals surface area contributed by atoms with Crippen LogP contribution in [-0.2, 0) is 0 Å². The predicted octanol–water partition coefficient (Wildman–Crippen LogP) is 0.740. The van der Waals surface area contributed by atoms with E-state index in [-0.39, 0.29) is 0 Å². The maximum absolute atomic E-state index is 3.48. The first-order chi connectivity index (χ1) is 5.41. The summed E-state index contributed by atoms with van der Waals surface area (Å²) in [7, 11) is 0. The summed E-state index contributed by atoms with van der Waals surface area (Å²) in [6.45, 7) is 5.00. The van der Waals surface area contributed by atoms with Crippen LogP contribution >= 0.6 is 0 Å². The summed E-state index contributed by atoms with van der Waals surface area (Å²) in [4.78, 5) is 0. The second-order valence-electron chi connectivity index (χ2n) is 4.03. The minimum Gasteiger partial charge on any atom is -0.317 e. The van der Waals surface area contributed by atoms with Crippen LogP contribution in [0.15, 0.2) is 0 Å². The third-order valence-electron chi connectivity index (χ3n) is 3.22. The van der Waals surface area contributed by atoms with Gasteiger partial charge in [0.15, 0.2) is 0 Å². The Balaban J connectivity index is 1.97. The normalized spacial score (nSPS) is 39.3. The predicted molar refractivity (Wildman–Crippen MR) is 46.6 cm³/mol. The number of nitrogens with one attached hydrogen (secondary N) is 2. The van der Waals surface area contributed by atoms with E-state index in [4.69, 9.17) is 0 Å². The molecule has 2 aliphatic heterocycles. The van der Waals surface area contributed by atoms with Gasteiger partial charge in [0, 0.05) is 6.54 Å². The van der Waals surface area contributed by atoms with Gasteiger partial charge in [-0.2, -0.15) is 0 Å². The lowest BCUT2D eigenvalue weighted by Gasteiger charge is -2.25. The van der Waals surface area contributed by atoms with Gasteiger partial charge < -0.3 is 10.6 Å². The monoisotopic (exact) mass is 154 g/mol. The van der Waals surface area contributed by atoms with Crippen molar-refractivity contribution in [2.24, 2.45) is 5.41 Å². The van der Waals surface area contributed by atoms with Gasteiger partial charge >= 0.3 is 0 Å². The Morgan fingerprint density at radius 2 is 1.64 bits per heavy atom. The first-order valence-electron chi connectivity index (χ1n) is 4.83. The van der Waals surface area contributed by atoms with E-state index in [0.29, 0.717) is 5.41 Å². The summed E-state index contributed by atoms with van der Waals surface area (Å²) in [6, 6.07) is 0. The van der Waals surface area contributed by atoms with Gasteiger partial charge in [-0.05, 0) is 50.7 Å². The van der Waals surface area contributed by atoms with Crippen molar-refractivity contribution in [2.75, 3.05) is 26.2 Å². The summed E-state index contributed by atoms with van der Waals surface area (Å²) in [5.74, 6) is 0. The van der Waals surface area contributed by atoms with E-state index in [9.17, 15) is 0 Å². The molecule has 2 saturated heterocycles. The van der Waals surface area contributed by atoms with Crippen molar-refractivity contribution in [1.82, 2.24) is 10.6 Å². The molecule has 2 rings (SSSR count). The highest BCUT2D eigenvalue weighted by molar-refractivity contribution is 4.89. The Bertz CT molecular complexity index is 118. The molecule has 2 heteroatoms. The molecule has 0 bridgehead atoms. The smallest absolute Gasteiger partial charge is 0.000877 e. The molecule has 1 atom stereocenters. The van der Waals surface area contributed by atoms with Gasteiger partial charge in [-0.3, -0.25) is 0 Å². The molecule has 2 fully saturated rings. The highest BCUT2D eigenvalue weighted by Crippen LogP contribution is 2.35. The lowest BCUT2D eigenvalue weighted by molar-refractivity contribution is 0.285. The Kier molecular flexibility index (Phi) is 2.14. The molecular formula is C9H18N2. The fraction of sp³-hybridized carbons (Fsp3) is 1.00. The van der Waals surface area contributed by atoms with Crippen LogP contribution < -0.4 is 10.6 Å². The zero-order chi connectivity index (χ0) is 7.57. The quantitative estimate of drug-likeness (QED) is 0.538. The molecule has 1 unspecified atom stereocenters. The topological polar surface area (TPSA) is 24.1 Å². The first kappa shape index (κ1) is 7.56. The van der Waals surface area contributed by atoms with E-state index in [1.807, 2.05) is 0 Å². The third kappa shape index (κ3) is 1.57. The molecule has 2 heterocycles.